The summed E-state index contributed by atoms with van der Waals surface area (Å²) in [6.07, 6.45) is 2.88. The van der Waals surface area contributed by atoms with Crippen molar-refractivity contribution in [1.29, 1.82) is 0 Å². The van der Waals surface area contributed by atoms with E-state index >= 15 is 0 Å². The lowest BCUT2D eigenvalue weighted by Gasteiger charge is -2.10. The fourth-order valence-electron chi connectivity index (χ4n) is 1.74. The summed E-state index contributed by atoms with van der Waals surface area (Å²) in [7, 11) is 0. The van der Waals surface area contributed by atoms with Gasteiger partial charge in [-0.25, -0.2) is 0 Å². The highest BCUT2D eigenvalue weighted by Gasteiger charge is 2.14. The van der Waals surface area contributed by atoms with Crippen LogP contribution in [0, 0.1) is 6.92 Å². The molecule has 1 N–H and O–H groups in total. The van der Waals surface area contributed by atoms with Crippen molar-refractivity contribution in [3.05, 3.63) is 29.0 Å². The molecule has 2 aromatic heterocycles. The van der Waals surface area contributed by atoms with Gasteiger partial charge in [-0.15, -0.1) is 10.2 Å². The smallest absolute Gasteiger partial charge is 0.149 e. The Labute approximate surface area is 111 Å². The van der Waals surface area contributed by atoms with Crippen LogP contribution in [0.1, 0.15) is 37.0 Å². The molecular formula is C13H18N4S. The average molecular weight is 262 g/mol. The third kappa shape index (κ3) is 2.91. The number of nitrogens with zero attached hydrogens (tertiary/aromatic N) is 3. The normalized spacial score (nSPS) is 12.6. The van der Waals surface area contributed by atoms with E-state index in [4.69, 9.17) is 0 Å². The molecule has 1 atom stereocenters. The van der Waals surface area contributed by atoms with Crippen LogP contribution in [0.4, 0.5) is 0 Å². The largest absolute Gasteiger partial charge is 0.308 e. The van der Waals surface area contributed by atoms with Gasteiger partial charge in [-0.05, 0) is 32.0 Å². The van der Waals surface area contributed by atoms with Crippen LogP contribution in [0.3, 0.4) is 0 Å². The van der Waals surface area contributed by atoms with Crippen molar-refractivity contribution in [1.82, 2.24) is 20.5 Å². The monoisotopic (exact) mass is 262 g/mol. The van der Waals surface area contributed by atoms with Crippen molar-refractivity contribution in [2.45, 2.75) is 33.2 Å². The van der Waals surface area contributed by atoms with Gasteiger partial charge in [0.05, 0.1) is 6.04 Å². The van der Waals surface area contributed by atoms with Crippen molar-refractivity contribution in [3.63, 3.8) is 0 Å². The van der Waals surface area contributed by atoms with Crippen LogP contribution in [-0.2, 0) is 0 Å². The second kappa shape index (κ2) is 6.02. The molecule has 2 heterocycles. The van der Waals surface area contributed by atoms with Gasteiger partial charge in [-0.2, -0.15) is 0 Å². The van der Waals surface area contributed by atoms with E-state index in [1.54, 1.807) is 11.3 Å². The number of hydrogen-bond acceptors (Lipinski definition) is 5. The van der Waals surface area contributed by atoms with Crippen LogP contribution in [0.5, 0.6) is 0 Å². The van der Waals surface area contributed by atoms with Crippen LogP contribution >= 0.6 is 11.3 Å². The van der Waals surface area contributed by atoms with E-state index in [0.29, 0.717) is 6.04 Å². The number of aryl methyl sites for hydroxylation is 1. The minimum absolute atomic E-state index is 0.305. The molecule has 0 aromatic carbocycles. The highest BCUT2D eigenvalue weighted by Crippen LogP contribution is 2.27. The van der Waals surface area contributed by atoms with E-state index in [0.717, 1.165) is 34.2 Å². The Morgan fingerprint density at radius 3 is 2.72 bits per heavy atom. The van der Waals surface area contributed by atoms with E-state index in [1.165, 1.54) is 0 Å². The molecule has 4 nitrogen and oxygen atoms in total. The Kier molecular flexibility index (Phi) is 4.38. The summed E-state index contributed by atoms with van der Waals surface area (Å²) in [4.78, 5) is 4.29. The number of nitrogens with one attached hydrogen (secondary N) is 1. The first-order valence-electron chi connectivity index (χ1n) is 6.24. The van der Waals surface area contributed by atoms with Gasteiger partial charge in [0.15, 0.2) is 0 Å². The predicted molar refractivity (Wildman–Crippen MR) is 74.6 cm³/mol. The predicted octanol–water partition coefficient (Wildman–Crippen LogP) is 2.97. The van der Waals surface area contributed by atoms with Gasteiger partial charge in [0.25, 0.3) is 0 Å². The second-order valence-electron chi connectivity index (χ2n) is 4.15. The van der Waals surface area contributed by atoms with Gasteiger partial charge < -0.3 is 5.32 Å². The molecule has 18 heavy (non-hydrogen) atoms. The summed E-state index contributed by atoms with van der Waals surface area (Å²) >= 11 is 1.64. The maximum Gasteiger partial charge on any atom is 0.149 e. The van der Waals surface area contributed by atoms with E-state index in [2.05, 4.69) is 34.3 Å². The zero-order valence-corrected chi connectivity index (χ0v) is 11.8. The Hall–Kier alpha value is -1.33. The van der Waals surface area contributed by atoms with Gasteiger partial charge >= 0.3 is 0 Å². The lowest BCUT2D eigenvalue weighted by molar-refractivity contribution is 0.531. The van der Waals surface area contributed by atoms with Crippen LogP contribution in [-0.4, -0.2) is 21.7 Å². The van der Waals surface area contributed by atoms with E-state index in [9.17, 15) is 0 Å². The van der Waals surface area contributed by atoms with Crippen LogP contribution in [0.15, 0.2) is 18.3 Å². The summed E-state index contributed by atoms with van der Waals surface area (Å²) < 4.78 is 0. The van der Waals surface area contributed by atoms with Gasteiger partial charge in [-0.3, -0.25) is 4.98 Å². The molecule has 2 aromatic rings. The minimum Gasteiger partial charge on any atom is -0.308 e. The molecule has 0 aliphatic carbocycles. The SMILES string of the molecule is CCNC(CC)c1nnc(-c2ccc(C)nc2)s1. The first-order valence-corrected chi connectivity index (χ1v) is 7.06. The lowest BCUT2D eigenvalue weighted by atomic mass is 10.2. The maximum atomic E-state index is 4.29. The molecule has 2 rings (SSSR count). The van der Waals surface area contributed by atoms with Gasteiger partial charge in [0.1, 0.15) is 10.0 Å². The van der Waals surface area contributed by atoms with Crippen LogP contribution in [0.25, 0.3) is 10.6 Å². The first-order chi connectivity index (χ1) is 8.74. The Bertz CT molecular complexity index is 492. The maximum absolute atomic E-state index is 4.29. The fourth-order valence-corrected chi connectivity index (χ4v) is 2.73. The fraction of sp³-hybridized carbons (Fsp3) is 0.462. The molecule has 0 aliphatic rings. The van der Waals surface area contributed by atoms with Crippen molar-refractivity contribution in [2.24, 2.45) is 0 Å². The third-order valence-electron chi connectivity index (χ3n) is 2.76. The molecule has 0 fully saturated rings. The molecule has 5 heteroatoms. The zero-order chi connectivity index (χ0) is 13.0. The Balaban J connectivity index is 2.21. The van der Waals surface area contributed by atoms with Crippen molar-refractivity contribution < 1.29 is 0 Å². The lowest BCUT2D eigenvalue weighted by Crippen LogP contribution is -2.19. The summed E-state index contributed by atoms with van der Waals surface area (Å²) in [5, 5.41) is 13.9. The Morgan fingerprint density at radius 1 is 1.28 bits per heavy atom. The van der Waals surface area contributed by atoms with Crippen molar-refractivity contribution in [2.75, 3.05) is 6.54 Å². The highest BCUT2D eigenvalue weighted by molar-refractivity contribution is 7.14. The van der Waals surface area contributed by atoms with E-state index in [1.807, 2.05) is 25.3 Å². The molecular weight excluding hydrogens is 244 g/mol. The molecule has 0 saturated carbocycles. The highest BCUT2D eigenvalue weighted by atomic mass is 32.1. The zero-order valence-electron chi connectivity index (χ0n) is 11.0. The minimum atomic E-state index is 0.305. The Morgan fingerprint density at radius 2 is 2.11 bits per heavy atom. The second-order valence-corrected chi connectivity index (χ2v) is 5.16. The number of pyridine rings is 1. The summed E-state index contributed by atoms with van der Waals surface area (Å²) in [5.74, 6) is 0. The molecule has 96 valence electrons. The molecule has 0 spiro atoms. The quantitative estimate of drug-likeness (QED) is 0.900. The van der Waals surface area contributed by atoms with E-state index < -0.39 is 0 Å². The van der Waals surface area contributed by atoms with Gasteiger partial charge in [0, 0.05) is 17.5 Å². The molecule has 0 saturated heterocycles. The topological polar surface area (TPSA) is 50.7 Å². The molecule has 0 aliphatic heterocycles. The number of rotatable bonds is 5. The summed E-state index contributed by atoms with van der Waals surface area (Å²) in [5.41, 5.74) is 2.05. The molecule has 0 amide bonds. The standard InChI is InChI=1S/C13H18N4S/c1-4-11(14-5-2)13-17-16-12(18-13)10-7-6-9(3)15-8-10/h6-8,11,14H,4-5H2,1-3H3. The number of hydrogen-bond donors (Lipinski definition) is 1. The van der Waals surface area contributed by atoms with Crippen LogP contribution in [0.2, 0.25) is 0 Å². The van der Waals surface area contributed by atoms with Crippen molar-refractivity contribution in [3.8, 4) is 10.6 Å². The van der Waals surface area contributed by atoms with E-state index in [-0.39, 0.29) is 0 Å². The third-order valence-corrected chi connectivity index (χ3v) is 3.84. The summed E-state index contributed by atoms with van der Waals surface area (Å²) in [6, 6.07) is 4.35. The van der Waals surface area contributed by atoms with Gasteiger partial charge in [0.2, 0.25) is 0 Å². The van der Waals surface area contributed by atoms with Gasteiger partial charge in [-0.1, -0.05) is 25.2 Å². The summed E-state index contributed by atoms with van der Waals surface area (Å²) in [6.45, 7) is 7.18. The first kappa shape index (κ1) is 13.1. The molecule has 0 radical (unpaired) electrons. The average Bonchev–Trinajstić information content (AvgIpc) is 2.86. The van der Waals surface area contributed by atoms with Crippen LogP contribution < -0.4 is 5.32 Å². The number of aromatic nitrogens is 3. The molecule has 0 bridgehead atoms. The molecule has 1 unspecified atom stereocenters. The van der Waals surface area contributed by atoms with Crippen molar-refractivity contribution >= 4 is 11.3 Å².